The lowest BCUT2D eigenvalue weighted by molar-refractivity contribution is 0.0522. The number of rotatable bonds is 3. The molecule has 1 amide bonds. The number of nitrogens with zero attached hydrogens (tertiary/aromatic N) is 1. The minimum Gasteiger partial charge on any atom is -0.393 e. The number of carbonyl (C=O) groups is 1. The summed E-state index contributed by atoms with van der Waals surface area (Å²) in [6.45, 7) is 3.29. The van der Waals surface area contributed by atoms with Gasteiger partial charge >= 0.3 is 0 Å². The minimum atomic E-state index is -0.276. The van der Waals surface area contributed by atoms with E-state index in [0.717, 1.165) is 37.2 Å². The van der Waals surface area contributed by atoms with Gasteiger partial charge in [-0.3, -0.25) is 4.79 Å². The van der Waals surface area contributed by atoms with E-state index < -0.39 is 0 Å². The van der Waals surface area contributed by atoms with Crippen LogP contribution in [0.25, 0.3) is 0 Å². The molecule has 1 saturated heterocycles. The second kappa shape index (κ2) is 6.06. The van der Waals surface area contributed by atoms with E-state index in [1.165, 1.54) is 0 Å². The summed E-state index contributed by atoms with van der Waals surface area (Å²) >= 11 is 0. The summed E-state index contributed by atoms with van der Waals surface area (Å²) in [5.74, 6) is 0.401. The Morgan fingerprint density at radius 3 is 2.58 bits per heavy atom. The van der Waals surface area contributed by atoms with Gasteiger partial charge in [-0.1, -0.05) is 12.1 Å². The molecule has 104 valence electrons. The maximum absolute atomic E-state index is 12.5. The fraction of sp³-hybridized carbons (Fsp3) is 0.533. The summed E-state index contributed by atoms with van der Waals surface area (Å²) in [4.78, 5) is 14.4. The number of likely N-dealkylation sites (tertiary alicyclic amines) is 1. The summed E-state index contributed by atoms with van der Waals surface area (Å²) < 4.78 is 0. The van der Waals surface area contributed by atoms with E-state index in [0.29, 0.717) is 5.92 Å². The number of benzene rings is 1. The number of anilines is 1. The van der Waals surface area contributed by atoms with E-state index >= 15 is 0 Å². The molecule has 1 aliphatic heterocycles. The molecule has 1 heterocycles. The number of hydrogen-bond donors (Lipinski definition) is 2. The molecule has 2 N–H and O–H groups in total. The normalized spacial score (nSPS) is 18.2. The molecule has 0 aromatic heterocycles. The summed E-state index contributed by atoms with van der Waals surface area (Å²) in [6.07, 6.45) is 1.48. The van der Waals surface area contributed by atoms with Gasteiger partial charge in [-0.05, 0) is 37.8 Å². The van der Waals surface area contributed by atoms with Gasteiger partial charge in [0.2, 0.25) is 0 Å². The third-order valence-electron chi connectivity index (χ3n) is 3.94. The predicted molar refractivity (Wildman–Crippen MR) is 76.3 cm³/mol. The van der Waals surface area contributed by atoms with Crippen molar-refractivity contribution in [1.29, 1.82) is 0 Å². The Balaban J connectivity index is 2.05. The standard InChI is InChI=1S/C15H22N2O2/c1-11(18)12-7-9-17(10-8-12)15(19)13-5-3-4-6-14(13)16-2/h3-6,11-12,16,18H,7-10H2,1-2H3. The maximum Gasteiger partial charge on any atom is 0.255 e. The first kappa shape index (κ1) is 13.9. The lowest BCUT2D eigenvalue weighted by Crippen LogP contribution is -2.40. The third kappa shape index (κ3) is 3.07. The molecule has 0 aliphatic carbocycles. The van der Waals surface area contributed by atoms with Crippen molar-refractivity contribution >= 4 is 11.6 Å². The van der Waals surface area contributed by atoms with Gasteiger partial charge in [-0.2, -0.15) is 0 Å². The van der Waals surface area contributed by atoms with Crippen LogP contribution in [0, 0.1) is 5.92 Å². The lowest BCUT2D eigenvalue weighted by Gasteiger charge is -2.33. The minimum absolute atomic E-state index is 0.0778. The van der Waals surface area contributed by atoms with Gasteiger partial charge in [-0.15, -0.1) is 0 Å². The zero-order chi connectivity index (χ0) is 13.8. The Kier molecular flexibility index (Phi) is 4.43. The molecule has 1 aliphatic rings. The number of aliphatic hydroxyl groups is 1. The molecule has 0 radical (unpaired) electrons. The second-order valence-electron chi connectivity index (χ2n) is 5.17. The Bertz CT molecular complexity index is 438. The zero-order valence-corrected chi connectivity index (χ0v) is 11.6. The Hall–Kier alpha value is -1.55. The van der Waals surface area contributed by atoms with Crippen LogP contribution < -0.4 is 5.32 Å². The van der Waals surface area contributed by atoms with E-state index in [-0.39, 0.29) is 12.0 Å². The monoisotopic (exact) mass is 262 g/mol. The van der Waals surface area contributed by atoms with Gasteiger partial charge in [0.15, 0.2) is 0 Å². The summed E-state index contributed by atoms with van der Waals surface area (Å²) in [5, 5.41) is 12.6. The first-order valence-electron chi connectivity index (χ1n) is 6.87. The number of para-hydroxylation sites is 1. The van der Waals surface area contributed by atoms with Crippen LogP contribution in [0.4, 0.5) is 5.69 Å². The Morgan fingerprint density at radius 2 is 2.00 bits per heavy atom. The summed E-state index contributed by atoms with van der Waals surface area (Å²) in [7, 11) is 1.83. The predicted octanol–water partition coefficient (Wildman–Crippen LogP) is 1.96. The van der Waals surface area contributed by atoms with E-state index in [1.54, 1.807) is 0 Å². The van der Waals surface area contributed by atoms with Crippen LogP contribution in [-0.4, -0.2) is 42.2 Å². The highest BCUT2D eigenvalue weighted by molar-refractivity contribution is 5.99. The van der Waals surface area contributed by atoms with Crippen LogP contribution in [0.1, 0.15) is 30.1 Å². The highest BCUT2D eigenvalue weighted by atomic mass is 16.3. The van der Waals surface area contributed by atoms with Gasteiger partial charge in [0, 0.05) is 25.8 Å². The largest absolute Gasteiger partial charge is 0.393 e. The Morgan fingerprint density at radius 1 is 1.37 bits per heavy atom. The van der Waals surface area contributed by atoms with Crippen molar-refractivity contribution in [2.45, 2.75) is 25.9 Å². The molecule has 0 bridgehead atoms. The second-order valence-corrected chi connectivity index (χ2v) is 5.17. The number of carbonyl (C=O) groups excluding carboxylic acids is 1. The van der Waals surface area contributed by atoms with Crippen molar-refractivity contribution in [1.82, 2.24) is 4.90 Å². The highest BCUT2D eigenvalue weighted by Gasteiger charge is 2.26. The molecule has 1 aromatic carbocycles. The van der Waals surface area contributed by atoms with Crippen molar-refractivity contribution in [3.05, 3.63) is 29.8 Å². The fourth-order valence-corrected chi connectivity index (χ4v) is 2.64. The molecular weight excluding hydrogens is 240 g/mol. The number of aliphatic hydroxyl groups excluding tert-OH is 1. The van der Waals surface area contributed by atoms with Gasteiger partial charge in [0.25, 0.3) is 5.91 Å². The van der Waals surface area contributed by atoms with Crippen LogP contribution in [-0.2, 0) is 0 Å². The SMILES string of the molecule is CNc1ccccc1C(=O)N1CCC(C(C)O)CC1. The van der Waals surface area contributed by atoms with Crippen LogP contribution >= 0.6 is 0 Å². The van der Waals surface area contributed by atoms with Crippen LogP contribution in [0.5, 0.6) is 0 Å². The fourth-order valence-electron chi connectivity index (χ4n) is 2.64. The molecule has 19 heavy (non-hydrogen) atoms. The maximum atomic E-state index is 12.5. The molecular formula is C15H22N2O2. The van der Waals surface area contributed by atoms with Crippen LogP contribution in [0.3, 0.4) is 0 Å². The average Bonchev–Trinajstić information content (AvgIpc) is 2.46. The van der Waals surface area contributed by atoms with Crippen molar-refractivity contribution < 1.29 is 9.90 Å². The average molecular weight is 262 g/mol. The number of amides is 1. The van der Waals surface area contributed by atoms with E-state index in [1.807, 2.05) is 43.1 Å². The molecule has 1 unspecified atom stereocenters. The van der Waals surface area contributed by atoms with Crippen LogP contribution in [0.15, 0.2) is 24.3 Å². The smallest absolute Gasteiger partial charge is 0.255 e. The van der Waals surface area contributed by atoms with Crippen molar-refractivity contribution in [2.24, 2.45) is 5.92 Å². The van der Waals surface area contributed by atoms with Crippen molar-refractivity contribution in [2.75, 3.05) is 25.5 Å². The summed E-state index contributed by atoms with van der Waals surface area (Å²) in [5.41, 5.74) is 1.59. The number of piperidine rings is 1. The number of hydrogen-bond acceptors (Lipinski definition) is 3. The van der Waals surface area contributed by atoms with Crippen molar-refractivity contribution in [3.8, 4) is 0 Å². The van der Waals surface area contributed by atoms with E-state index in [4.69, 9.17) is 0 Å². The highest BCUT2D eigenvalue weighted by Crippen LogP contribution is 2.23. The molecule has 1 atom stereocenters. The van der Waals surface area contributed by atoms with Gasteiger partial charge in [0.05, 0.1) is 11.7 Å². The molecule has 2 rings (SSSR count). The molecule has 1 fully saturated rings. The van der Waals surface area contributed by atoms with Crippen LogP contribution in [0.2, 0.25) is 0 Å². The van der Waals surface area contributed by atoms with Gasteiger partial charge < -0.3 is 15.3 Å². The molecule has 4 heteroatoms. The Labute approximate surface area is 114 Å². The quantitative estimate of drug-likeness (QED) is 0.875. The first-order chi connectivity index (χ1) is 9.13. The summed E-state index contributed by atoms with van der Waals surface area (Å²) in [6, 6.07) is 7.57. The molecule has 0 spiro atoms. The van der Waals surface area contributed by atoms with E-state index in [2.05, 4.69) is 5.32 Å². The first-order valence-corrected chi connectivity index (χ1v) is 6.87. The lowest BCUT2D eigenvalue weighted by atomic mass is 9.92. The third-order valence-corrected chi connectivity index (χ3v) is 3.94. The molecule has 0 saturated carbocycles. The van der Waals surface area contributed by atoms with Gasteiger partial charge in [0.1, 0.15) is 0 Å². The number of nitrogens with one attached hydrogen (secondary N) is 1. The van der Waals surface area contributed by atoms with Gasteiger partial charge in [-0.25, -0.2) is 0 Å². The zero-order valence-electron chi connectivity index (χ0n) is 11.6. The van der Waals surface area contributed by atoms with Crippen molar-refractivity contribution in [3.63, 3.8) is 0 Å². The molecule has 4 nitrogen and oxygen atoms in total. The molecule has 1 aromatic rings. The topological polar surface area (TPSA) is 52.6 Å². The van der Waals surface area contributed by atoms with E-state index in [9.17, 15) is 9.90 Å².